The van der Waals surface area contributed by atoms with Crippen LogP contribution in [0.15, 0.2) is 42.5 Å². The summed E-state index contributed by atoms with van der Waals surface area (Å²) in [6.45, 7) is 4.11. The molecule has 0 saturated heterocycles. The standard InChI is InChI=1S/C18H22N2O/c1-12-7-8-14-5-3-4-6-17(14)20(12)15-9-10-16(13(2)19)18(21)11-15/h3-6,9-13,21H,7-8,19H2,1-2H3. The topological polar surface area (TPSA) is 49.5 Å². The molecule has 1 aliphatic heterocycles. The number of hydrogen-bond acceptors (Lipinski definition) is 3. The number of nitrogens with two attached hydrogens (primary N) is 1. The molecule has 2 aromatic carbocycles. The molecule has 0 amide bonds. The van der Waals surface area contributed by atoms with E-state index in [0.717, 1.165) is 24.1 Å². The number of aromatic hydroxyl groups is 1. The molecule has 2 aromatic rings. The third-order valence-electron chi connectivity index (χ3n) is 4.31. The minimum absolute atomic E-state index is 0.162. The Hall–Kier alpha value is -2.00. The van der Waals surface area contributed by atoms with E-state index in [9.17, 15) is 5.11 Å². The van der Waals surface area contributed by atoms with Crippen LogP contribution in [0.25, 0.3) is 0 Å². The van der Waals surface area contributed by atoms with Crippen LogP contribution in [-0.2, 0) is 6.42 Å². The van der Waals surface area contributed by atoms with Gasteiger partial charge in [0.25, 0.3) is 0 Å². The Balaban J connectivity index is 2.05. The van der Waals surface area contributed by atoms with Crippen molar-refractivity contribution in [2.75, 3.05) is 4.90 Å². The smallest absolute Gasteiger partial charge is 0.122 e. The fourth-order valence-corrected chi connectivity index (χ4v) is 3.15. The molecule has 0 aromatic heterocycles. The monoisotopic (exact) mass is 282 g/mol. The lowest BCUT2D eigenvalue weighted by molar-refractivity contribution is 0.463. The van der Waals surface area contributed by atoms with Gasteiger partial charge in [-0.25, -0.2) is 0 Å². The van der Waals surface area contributed by atoms with E-state index < -0.39 is 0 Å². The average Bonchev–Trinajstić information content (AvgIpc) is 2.46. The van der Waals surface area contributed by atoms with Crippen LogP contribution in [0.2, 0.25) is 0 Å². The van der Waals surface area contributed by atoms with Crippen LogP contribution in [0.5, 0.6) is 5.75 Å². The van der Waals surface area contributed by atoms with Crippen molar-refractivity contribution >= 4 is 11.4 Å². The first kappa shape index (κ1) is 14.0. The molecule has 1 aliphatic rings. The first-order valence-electron chi connectivity index (χ1n) is 7.53. The number of hydrogen-bond donors (Lipinski definition) is 2. The van der Waals surface area contributed by atoms with E-state index >= 15 is 0 Å². The Bertz CT molecular complexity index is 651. The predicted molar refractivity (Wildman–Crippen MR) is 87.1 cm³/mol. The summed E-state index contributed by atoms with van der Waals surface area (Å²) in [6.07, 6.45) is 2.23. The van der Waals surface area contributed by atoms with Gasteiger partial charge in [-0.05, 0) is 44.4 Å². The molecule has 110 valence electrons. The van der Waals surface area contributed by atoms with E-state index in [0.29, 0.717) is 6.04 Å². The van der Waals surface area contributed by atoms with Gasteiger partial charge in [-0.15, -0.1) is 0 Å². The SMILES string of the molecule is CC(N)c1ccc(N2c3ccccc3CCC2C)cc1O. The van der Waals surface area contributed by atoms with Gasteiger partial charge in [-0.2, -0.15) is 0 Å². The minimum Gasteiger partial charge on any atom is -0.508 e. The second kappa shape index (κ2) is 5.41. The van der Waals surface area contributed by atoms with Crippen LogP contribution in [0.4, 0.5) is 11.4 Å². The summed E-state index contributed by atoms with van der Waals surface area (Å²) in [5.74, 6) is 0.276. The zero-order valence-electron chi connectivity index (χ0n) is 12.6. The zero-order chi connectivity index (χ0) is 15.0. The third-order valence-corrected chi connectivity index (χ3v) is 4.31. The van der Waals surface area contributed by atoms with Crippen molar-refractivity contribution in [2.45, 2.75) is 38.8 Å². The lowest BCUT2D eigenvalue weighted by atomic mass is 9.95. The summed E-state index contributed by atoms with van der Waals surface area (Å²) < 4.78 is 0. The molecule has 2 atom stereocenters. The van der Waals surface area contributed by atoms with E-state index in [1.165, 1.54) is 11.3 Å². The molecule has 1 heterocycles. The van der Waals surface area contributed by atoms with Crippen molar-refractivity contribution in [1.82, 2.24) is 0 Å². The molecule has 0 aliphatic carbocycles. The van der Waals surface area contributed by atoms with Crippen LogP contribution in [0, 0.1) is 0 Å². The van der Waals surface area contributed by atoms with Gasteiger partial charge in [-0.1, -0.05) is 24.3 Å². The van der Waals surface area contributed by atoms with Crippen molar-refractivity contribution in [2.24, 2.45) is 5.73 Å². The number of para-hydroxylation sites is 1. The molecule has 0 bridgehead atoms. The molecule has 0 radical (unpaired) electrons. The number of rotatable bonds is 2. The van der Waals surface area contributed by atoms with Crippen LogP contribution >= 0.6 is 0 Å². The lowest BCUT2D eigenvalue weighted by Crippen LogP contribution is -2.33. The summed E-state index contributed by atoms with van der Waals surface area (Å²) in [4.78, 5) is 2.31. The largest absolute Gasteiger partial charge is 0.508 e. The first-order chi connectivity index (χ1) is 10.1. The summed E-state index contributed by atoms with van der Waals surface area (Å²) in [5, 5.41) is 10.2. The molecule has 3 rings (SSSR count). The maximum Gasteiger partial charge on any atom is 0.122 e. The maximum atomic E-state index is 10.2. The van der Waals surface area contributed by atoms with Gasteiger partial charge in [0.1, 0.15) is 5.75 Å². The highest BCUT2D eigenvalue weighted by Gasteiger charge is 2.24. The predicted octanol–water partition coefficient (Wildman–Crippen LogP) is 3.88. The number of phenols is 1. The molecule has 3 nitrogen and oxygen atoms in total. The first-order valence-corrected chi connectivity index (χ1v) is 7.53. The Morgan fingerprint density at radius 2 is 2.00 bits per heavy atom. The van der Waals surface area contributed by atoms with E-state index in [1.807, 2.05) is 19.1 Å². The highest BCUT2D eigenvalue weighted by molar-refractivity contribution is 5.70. The van der Waals surface area contributed by atoms with Crippen molar-refractivity contribution in [3.05, 3.63) is 53.6 Å². The molecule has 0 fully saturated rings. The van der Waals surface area contributed by atoms with Crippen LogP contribution in [0.3, 0.4) is 0 Å². The van der Waals surface area contributed by atoms with E-state index in [1.54, 1.807) is 0 Å². The summed E-state index contributed by atoms with van der Waals surface area (Å²) in [7, 11) is 0. The number of aryl methyl sites for hydroxylation is 1. The van der Waals surface area contributed by atoms with Gasteiger partial charge in [-0.3, -0.25) is 0 Å². The van der Waals surface area contributed by atoms with E-state index in [2.05, 4.69) is 42.2 Å². The number of fused-ring (bicyclic) bond motifs is 1. The van der Waals surface area contributed by atoms with E-state index in [4.69, 9.17) is 5.73 Å². The van der Waals surface area contributed by atoms with Gasteiger partial charge >= 0.3 is 0 Å². The highest BCUT2D eigenvalue weighted by Crippen LogP contribution is 2.38. The second-order valence-electron chi connectivity index (χ2n) is 5.92. The molecule has 0 saturated carbocycles. The zero-order valence-corrected chi connectivity index (χ0v) is 12.6. The lowest BCUT2D eigenvalue weighted by Gasteiger charge is -2.37. The molecule has 0 spiro atoms. The van der Waals surface area contributed by atoms with Gasteiger partial charge < -0.3 is 15.7 Å². The molecule has 2 unspecified atom stereocenters. The Morgan fingerprint density at radius 1 is 1.24 bits per heavy atom. The molecule has 3 heteroatoms. The number of nitrogens with zero attached hydrogens (tertiary/aromatic N) is 1. The van der Waals surface area contributed by atoms with Gasteiger partial charge in [0, 0.05) is 35.1 Å². The molecular weight excluding hydrogens is 260 g/mol. The Labute approximate surface area is 126 Å². The number of phenolic OH excluding ortho intramolecular Hbond substituents is 1. The fourth-order valence-electron chi connectivity index (χ4n) is 3.15. The van der Waals surface area contributed by atoms with Crippen molar-refractivity contribution < 1.29 is 5.11 Å². The number of anilines is 2. The van der Waals surface area contributed by atoms with Crippen molar-refractivity contribution in [3.8, 4) is 5.75 Å². The van der Waals surface area contributed by atoms with Gasteiger partial charge in [0.2, 0.25) is 0 Å². The normalized spacial score (nSPS) is 19.2. The van der Waals surface area contributed by atoms with Gasteiger partial charge in [0.15, 0.2) is 0 Å². The third kappa shape index (κ3) is 2.49. The van der Waals surface area contributed by atoms with Crippen LogP contribution in [0.1, 0.15) is 37.4 Å². The van der Waals surface area contributed by atoms with Crippen LogP contribution in [-0.4, -0.2) is 11.1 Å². The number of benzene rings is 2. The highest BCUT2D eigenvalue weighted by atomic mass is 16.3. The fraction of sp³-hybridized carbons (Fsp3) is 0.333. The van der Waals surface area contributed by atoms with Crippen molar-refractivity contribution in [3.63, 3.8) is 0 Å². The average molecular weight is 282 g/mol. The second-order valence-corrected chi connectivity index (χ2v) is 5.92. The summed E-state index contributed by atoms with van der Waals surface area (Å²) in [5.41, 5.74) is 10.3. The molecular formula is C18H22N2O. The maximum absolute atomic E-state index is 10.2. The molecule has 3 N–H and O–H groups in total. The summed E-state index contributed by atoms with van der Waals surface area (Å²) >= 11 is 0. The van der Waals surface area contributed by atoms with Crippen LogP contribution < -0.4 is 10.6 Å². The molecule has 21 heavy (non-hydrogen) atoms. The summed E-state index contributed by atoms with van der Waals surface area (Å²) in [6, 6.07) is 14.6. The Kier molecular flexibility index (Phi) is 3.60. The van der Waals surface area contributed by atoms with Gasteiger partial charge in [0.05, 0.1) is 0 Å². The Morgan fingerprint density at radius 3 is 2.71 bits per heavy atom. The van der Waals surface area contributed by atoms with Crippen molar-refractivity contribution in [1.29, 1.82) is 0 Å². The van der Waals surface area contributed by atoms with E-state index in [-0.39, 0.29) is 11.8 Å². The quantitative estimate of drug-likeness (QED) is 0.878. The minimum atomic E-state index is -0.162.